The Hall–Kier alpha value is -3.02. The van der Waals surface area contributed by atoms with Gasteiger partial charge in [0.25, 0.3) is 5.91 Å². The molecular formula is C19H17F2NO3. The number of rotatable bonds is 5. The van der Waals surface area contributed by atoms with E-state index in [2.05, 4.69) is 5.32 Å². The minimum Gasteiger partial charge on any atom is -0.449 e. The van der Waals surface area contributed by atoms with E-state index in [0.717, 1.165) is 6.08 Å². The molecule has 1 amide bonds. The van der Waals surface area contributed by atoms with E-state index >= 15 is 0 Å². The Balaban J connectivity index is 1.92. The smallest absolute Gasteiger partial charge is 0.331 e. The fourth-order valence-corrected chi connectivity index (χ4v) is 1.95. The molecule has 0 bridgehead atoms. The highest BCUT2D eigenvalue weighted by Crippen LogP contribution is 2.14. The van der Waals surface area contributed by atoms with Gasteiger partial charge in [0.2, 0.25) is 0 Å². The van der Waals surface area contributed by atoms with Crippen molar-refractivity contribution < 1.29 is 23.1 Å². The second kappa shape index (κ2) is 8.19. The first-order valence-corrected chi connectivity index (χ1v) is 7.57. The van der Waals surface area contributed by atoms with Crippen LogP contribution in [0, 0.1) is 18.6 Å². The fraction of sp³-hybridized carbons (Fsp3) is 0.158. The molecule has 0 saturated heterocycles. The first-order chi connectivity index (χ1) is 11.9. The third-order valence-corrected chi connectivity index (χ3v) is 3.41. The largest absolute Gasteiger partial charge is 0.449 e. The lowest BCUT2D eigenvalue weighted by atomic mass is 10.2. The molecule has 6 heteroatoms. The van der Waals surface area contributed by atoms with Crippen LogP contribution >= 0.6 is 0 Å². The van der Waals surface area contributed by atoms with Gasteiger partial charge < -0.3 is 10.1 Å². The van der Waals surface area contributed by atoms with E-state index in [0.29, 0.717) is 5.56 Å². The Morgan fingerprint density at radius 2 is 1.84 bits per heavy atom. The summed E-state index contributed by atoms with van der Waals surface area (Å²) in [5.74, 6) is -2.31. The van der Waals surface area contributed by atoms with E-state index < -0.39 is 29.6 Å². The number of halogens is 2. The third kappa shape index (κ3) is 5.24. The second-order valence-electron chi connectivity index (χ2n) is 5.39. The van der Waals surface area contributed by atoms with Gasteiger partial charge in [-0.25, -0.2) is 13.6 Å². The van der Waals surface area contributed by atoms with E-state index in [9.17, 15) is 18.4 Å². The maximum absolute atomic E-state index is 13.5. The molecule has 4 nitrogen and oxygen atoms in total. The van der Waals surface area contributed by atoms with Gasteiger partial charge in [-0.2, -0.15) is 0 Å². The van der Waals surface area contributed by atoms with Crippen LogP contribution in [0.25, 0.3) is 6.08 Å². The molecule has 0 aliphatic rings. The predicted octanol–water partition coefficient (Wildman–Crippen LogP) is 3.86. The molecule has 0 heterocycles. The van der Waals surface area contributed by atoms with Crippen LogP contribution in [0.1, 0.15) is 18.1 Å². The number of esters is 1. The molecule has 130 valence electrons. The van der Waals surface area contributed by atoms with Crippen molar-refractivity contribution in [2.45, 2.75) is 20.0 Å². The number of aryl methyl sites for hydroxylation is 1. The lowest BCUT2D eigenvalue weighted by molar-refractivity contribution is -0.148. The van der Waals surface area contributed by atoms with Crippen molar-refractivity contribution in [3.05, 3.63) is 71.3 Å². The van der Waals surface area contributed by atoms with Crippen LogP contribution in [0.4, 0.5) is 14.5 Å². The molecule has 0 spiro atoms. The standard InChI is InChI=1S/C19H17F2NO3/c1-12-7-9-15(11-17(12)21)22-19(24)13(2)25-18(23)10-8-14-5-3-4-6-16(14)20/h3-11,13H,1-2H3,(H,22,24)/b10-8+/t13-/m1/s1. The summed E-state index contributed by atoms with van der Waals surface area (Å²) in [6.45, 7) is 2.99. The topological polar surface area (TPSA) is 55.4 Å². The highest BCUT2D eigenvalue weighted by molar-refractivity contribution is 5.96. The van der Waals surface area contributed by atoms with Gasteiger partial charge in [-0.1, -0.05) is 24.3 Å². The monoisotopic (exact) mass is 345 g/mol. The van der Waals surface area contributed by atoms with Crippen LogP contribution in [0.15, 0.2) is 48.5 Å². The highest BCUT2D eigenvalue weighted by Gasteiger charge is 2.17. The zero-order valence-electron chi connectivity index (χ0n) is 13.8. The molecular weight excluding hydrogens is 328 g/mol. The van der Waals surface area contributed by atoms with Gasteiger partial charge >= 0.3 is 5.97 Å². The van der Waals surface area contributed by atoms with Gasteiger partial charge in [0, 0.05) is 17.3 Å². The zero-order chi connectivity index (χ0) is 18.4. The number of hydrogen-bond acceptors (Lipinski definition) is 3. The van der Waals surface area contributed by atoms with E-state index in [1.165, 1.54) is 43.3 Å². The molecule has 2 aromatic carbocycles. The average molecular weight is 345 g/mol. The molecule has 0 aliphatic heterocycles. The van der Waals surface area contributed by atoms with Crippen LogP contribution < -0.4 is 5.32 Å². The fourth-order valence-electron chi connectivity index (χ4n) is 1.95. The Bertz CT molecular complexity index is 818. The van der Waals surface area contributed by atoms with Crippen molar-refractivity contribution in [1.29, 1.82) is 0 Å². The molecule has 2 aromatic rings. The highest BCUT2D eigenvalue weighted by atomic mass is 19.1. The Morgan fingerprint density at radius 3 is 2.52 bits per heavy atom. The summed E-state index contributed by atoms with van der Waals surface area (Å²) >= 11 is 0. The molecule has 0 saturated carbocycles. The number of carbonyl (C=O) groups excluding carboxylic acids is 2. The van der Waals surface area contributed by atoms with Gasteiger partial charge in [0.1, 0.15) is 11.6 Å². The summed E-state index contributed by atoms with van der Waals surface area (Å²) in [6.07, 6.45) is 1.20. The molecule has 0 unspecified atom stereocenters. The van der Waals surface area contributed by atoms with Gasteiger partial charge in [0.15, 0.2) is 6.10 Å². The number of carbonyl (C=O) groups is 2. The van der Waals surface area contributed by atoms with E-state index in [1.54, 1.807) is 19.1 Å². The Kier molecular flexibility index (Phi) is 6.00. The second-order valence-corrected chi connectivity index (χ2v) is 5.39. The summed E-state index contributed by atoms with van der Waals surface area (Å²) in [7, 11) is 0. The number of nitrogens with one attached hydrogen (secondary N) is 1. The first kappa shape index (κ1) is 18.3. The average Bonchev–Trinajstić information content (AvgIpc) is 2.57. The number of hydrogen-bond donors (Lipinski definition) is 1. The van der Waals surface area contributed by atoms with E-state index in [1.807, 2.05) is 0 Å². The number of benzene rings is 2. The number of amides is 1. The lowest BCUT2D eigenvalue weighted by Crippen LogP contribution is -2.29. The zero-order valence-corrected chi connectivity index (χ0v) is 13.8. The summed E-state index contributed by atoms with van der Waals surface area (Å²) in [5.41, 5.74) is 0.945. The molecule has 1 atom stereocenters. The van der Waals surface area contributed by atoms with Crippen molar-refractivity contribution in [3.63, 3.8) is 0 Å². The van der Waals surface area contributed by atoms with Crippen molar-refractivity contribution in [3.8, 4) is 0 Å². The first-order valence-electron chi connectivity index (χ1n) is 7.57. The van der Waals surface area contributed by atoms with Gasteiger partial charge in [-0.3, -0.25) is 4.79 Å². The SMILES string of the molecule is Cc1ccc(NC(=O)[C@@H](C)OC(=O)/C=C/c2ccccc2F)cc1F. The maximum atomic E-state index is 13.5. The predicted molar refractivity (Wildman–Crippen MR) is 90.8 cm³/mol. The third-order valence-electron chi connectivity index (χ3n) is 3.41. The quantitative estimate of drug-likeness (QED) is 0.661. The molecule has 2 rings (SSSR count). The number of anilines is 1. The van der Waals surface area contributed by atoms with Gasteiger partial charge in [-0.15, -0.1) is 0 Å². The Morgan fingerprint density at radius 1 is 1.12 bits per heavy atom. The van der Waals surface area contributed by atoms with Crippen LogP contribution in [0.2, 0.25) is 0 Å². The molecule has 0 aromatic heterocycles. The summed E-state index contributed by atoms with van der Waals surface area (Å²) in [6, 6.07) is 10.2. The van der Waals surface area contributed by atoms with Gasteiger partial charge in [-0.05, 0) is 43.7 Å². The van der Waals surface area contributed by atoms with Crippen molar-refractivity contribution in [2.24, 2.45) is 0 Å². The summed E-state index contributed by atoms with van der Waals surface area (Å²) in [4.78, 5) is 23.7. The van der Waals surface area contributed by atoms with Crippen LogP contribution in [0.5, 0.6) is 0 Å². The number of ether oxygens (including phenoxy) is 1. The molecule has 1 N–H and O–H groups in total. The van der Waals surface area contributed by atoms with Crippen molar-refractivity contribution >= 4 is 23.6 Å². The van der Waals surface area contributed by atoms with Crippen molar-refractivity contribution in [1.82, 2.24) is 0 Å². The van der Waals surface area contributed by atoms with Crippen LogP contribution in [-0.2, 0) is 14.3 Å². The molecule has 0 fully saturated rings. The summed E-state index contributed by atoms with van der Waals surface area (Å²) < 4.78 is 31.8. The van der Waals surface area contributed by atoms with E-state index in [4.69, 9.17) is 4.74 Å². The van der Waals surface area contributed by atoms with Gasteiger partial charge in [0.05, 0.1) is 0 Å². The van der Waals surface area contributed by atoms with Crippen LogP contribution in [0.3, 0.4) is 0 Å². The lowest BCUT2D eigenvalue weighted by Gasteiger charge is -2.12. The molecule has 0 radical (unpaired) electrons. The molecule has 25 heavy (non-hydrogen) atoms. The molecule has 0 aliphatic carbocycles. The minimum absolute atomic E-state index is 0.228. The van der Waals surface area contributed by atoms with E-state index in [-0.39, 0.29) is 11.3 Å². The summed E-state index contributed by atoms with van der Waals surface area (Å²) in [5, 5.41) is 2.46. The Labute approximate surface area is 144 Å². The maximum Gasteiger partial charge on any atom is 0.331 e. The minimum atomic E-state index is -1.10. The van der Waals surface area contributed by atoms with Crippen LogP contribution in [-0.4, -0.2) is 18.0 Å². The normalized spacial score (nSPS) is 12.0. The van der Waals surface area contributed by atoms with Crippen molar-refractivity contribution in [2.75, 3.05) is 5.32 Å².